The number of rotatable bonds is 5. The first-order valence-corrected chi connectivity index (χ1v) is 5.70. The van der Waals surface area contributed by atoms with Crippen molar-refractivity contribution in [3.8, 4) is 5.75 Å². The highest BCUT2D eigenvalue weighted by Gasteiger charge is 2.12. The van der Waals surface area contributed by atoms with Crippen LogP contribution in [-0.4, -0.2) is 19.2 Å². The van der Waals surface area contributed by atoms with E-state index in [1.165, 1.54) is 5.56 Å². The van der Waals surface area contributed by atoms with Crippen molar-refractivity contribution in [2.45, 2.75) is 38.9 Å². The molecule has 3 heteroatoms. The molecule has 0 spiro atoms. The predicted octanol–water partition coefficient (Wildman–Crippen LogP) is 2.08. The maximum Gasteiger partial charge on any atom is 0.118 e. The maximum atomic E-state index is 5.83. The molecule has 1 aromatic carbocycles. The third kappa shape index (κ3) is 3.51. The average Bonchev–Trinajstić information content (AvgIpc) is 2.28. The molecule has 0 aliphatic heterocycles. The van der Waals surface area contributed by atoms with Crippen LogP contribution in [0.2, 0.25) is 0 Å². The van der Waals surface area contributed by atoms with Crippen molar-refractivity contribution in [1.82, 2.24) is 5.32 Å². The van der Waals surface area contributed by atoms with Crippen molar-refractivity contribution in [3.63, 3.8) is 0 Å². The first-order chi connectivity index (χ1) is 7.54. The molecule has 3 nitrogen and oxygen atoms in total. The Morgan fingerprint density at radius 3 is 2.12 bits per heavy atom. The first-order valence-electron chi connectivity index (χ1n) is 5.70. The van der Waals surface area contributed by atoms with E-state index in [0.29, 0.717) is 12.1 Å². The number of methoxy groups -OCH3 is 1. The molecule has 16 heavy (non-hydrogen) atoms. The van der Waals surface area contributed by atoms with Crippen molar-refractivity contribution in [1.29, 1.82) is 0 Å². The third-order valence-electron chi connectivity index (χ3n) is 2.92. The molecule has 0 aromatic heterocycles. The standard InChI is InChI=1S/C13H22N2O/c1-9(14)10(2)15-11(3)12-5-7-13(16-4)8-6-12/h5-11,15H,14H2,1-4H3. The van der Waals surface area contributed by atoms with Crippen molar-refractivity contribution >= 4 is 0 Å². The smallest absolute Gasteiger partial charge is 0.118 e. The van der Waals surface area contributed by atoms with Gasteiger partial charge in [0.05, 0.1) is 7.11 Å². The Morgan fingerprint density at radius 2 is 1.69 bits per heavy atom. The predicted molar refractivity (Wildman–Crippen MR) is 67.7 cm³/mol. The monoisotopic (exact) mass is 222 g/mol. The topological polar surface area (TPSA) is 47.3 Å². The van der Waals surface area contributed by atoms with Crippen LogP contribution in [0.15, 0.2) is 24.3 Å². The summed E-state index contributed by atoms with van der Waals surface area (Å²) in [5.74, 6) is 0.885. The largest absolute Gasteiger partial charge is 0.497 e. The van der Waals surface area contributed by atoms with Crippen LogP contribution in [0.3, 0.4) is 0 Å². The summed E-state index contributed by atoms with van der Waals surface area (Å²) < 4.78 is 5.13. The zero-order chi connectivity index (χ0) is 12.1. The van der Waals surface area contributed by atoms with Crippen LogP contribution in [-0.2, 0) is 0 Å². The number of nitrogens with two attached hydrogens (primary N) is 1. The summed E-state index contributed by atoms with van der Waals surface area (Å²) >= 11 is 0. The minimum absolute atomic E-state index is 0.153. The maximum absolute atomic E-state index is 5.83. The van der Waals surface area contributed by atoms with Gasteiger partial charge in [0.25, 0.3) is 0 Å². The lowest BCUT2D eigenvalue weighted by molar-refractivity contribution is 0.412. The van der Waals surface area contributed by atoms with Gasteiger partial charge < -0.3 is 15.8 Å². The fourth-order valence-corrected chi connectivity index (χ4v) is 1.53. The molecule has 0 aliphatic carbocycles. The van der Waals surface area contributed by atoms with Crippen LogP contribution >= 0.6 is 0 Å². The lowest BCUT2D eigenvalue weighted by atomic mass is 10.1. The third-order valence-corrected chi connectivity index (χ3v) is 2.92. The molecule has 90 valence electrons. The number of benzene rings is 1. The molecule has 1 rings (SSSR count). The zero-order valence-electron chi connectivity index (χ0n) is 10.5. The summed E-state index contributed by atoms with van der Waals surface area (Å²) in [6.45, 7) is 6.25. The molecule has 0 bridgehead atoms. The molecule has 0 heterocycles. The Kier molecular flexibility index (Phi) is 4.77. The SMILES string of the molecule is COc1ccc(C(C)NC(C)C(C)N)cc1. The van der Waals surface area contributed by atoms with Crippen LogP contribution in [0.1, 0.15) is 32.4 Å². The van der Waals surface area contributed by atoms with Gasteiger partial charge in [0.1, 0.15) is 5.75 Å². The van der Waals surface area contributed by atoms with Crippen molar-refractivity contribution < 1.29 is 4.74 Å². The quantitative estimate of drug-likeness (QED) is 0.802. The van der Waals surface area contributed by atoms with Crippen LogP contribution in [0.5, 0.6) is 5.75 Å². The summed E-state index contributed by atoms with van der Waals surface area (Å²) in [7, 11) is 1.68. The van der Waals surface area contributed by atoms with E-state index in [1.54, 1.807) is 7.11 Å². The van der Waals surface area contributed by atoms with Gasteiger partial charge in [-0.3, -0.25) is 0 Å². The Bertz CT molecular complexity index is 308. The fourth-order valence-electron chi connectivity index (χ4n) is 1.53. The van der Waals surface area contributed by atoms with E-state index >= 15 is 0 Å². The van der Waals surface area contributed by atoms with Crippen LogP contribution in [0.25, 0.3) is 0 Å². The molecule has 0 aliphatic rings. The van der Waals surface area contributed by atoms with Crippen molar-refractivity contribution in [3.05, 3.63) is 29.8 Å². The average molecular weight is 222 g/mol. The number of hydrogen-bond acceptors (Lipinski definition) is 3. The molecule has 0 saturated carbocycles. The van der Waals surface area contributed by atoms with Gasteiger partial charge >= 0.3 is 0 Å². The highest BCUT2D eigenvalue weighted by Crippen LogP contribution is 2.17. The van der Waals surface area contributed by atoms with Gasteiger partial charge in [-0.1, -0.05) is 12.1 Å². The van der Waals surface area contributed by atoms with E-state index in [0.717, 1.165) is 5.75 Å². The molecular formula is C13H22N2O. The Morgan fingerprint density at radius 1 is 1.12 bits per heavy atom. The lowest BCUT2D eigenvalue weighted by Crippen LogP contribution is -2.41. The van der Waals surface area contributed by atoms with Crippen LogP contribution in [0.4, 0.5) is 0 Å². The highest BCUT2D eigenvalue weighted by atomic mass is 16.5. The Hall–Kier alpha value is -1.06. The summed E-state index contributed by atoms with van der Waals surface area (Å²) in [5.41, 5.74) is 7.07. The van der Waals surface area contributed by atoms with Gasteiger partial charge in [-0.25, -0.2) is 0 Å². The van der Waals surface area contributed by atoms with Crippen LogP contribution in [0, 0.1) is 0 Å². The second kappa shape index (κ2) is 5.87. The summed E-state index contributed by atoms with van der Waals surface area (Å²) in [5, 5.41) is 3.47. The van der Waals surface area contributed by atoms with Gasteiger partial charge in [-0.05, 0) is 38.5 Å². The van der Waals surface area contributed by atoms with Crippen molar-refractivity contribution in [2.75, 3.05) is 7.11 Å². The number of nitrogens with one attached hydrogen (secondary N) is 1. The molecule has 3 atom stereocenters. The fraction of sp³-hybridized carbons (Fsp3) is 0.538. The van der Waals surface area contributed by atoms with E-state index in [4.69, 9.17) is 10.5 Å². The van der Waals surface area contributed by atoms with Gasteiger partial charge in [-0.15, -0.1) is 0 Å². The molecule has 3 N–H and O–H groups in total. The number of ether oxygens (including phenoxy) is 1. The van der Waals surface area contributed by atoms with Gasteiger partial charge in [0.2, 0.25) is 0 Å². The van der Waals surface area contributed by atoms with E-state index < -0.39 is 0 Å². The Balaban J connectivity index is 2.62. The summed E-state index contributed by atoms with van der Waals surface area (Å²) in [6, 6.07) is 8.85. The van der Waals surface area contributed by atoms with E-state index in [1.807, 2.05) is 19.1 Å². The van der Waals surface area contributed by atoms with Crippen LogP contribution < -0.4 is 15.8 Å². The van der Waals surface area contributed by atoms with Gasteiger partial charge in [0, 0.05) is 18.1 Å². The van der Waals surface area contributed by atoms with Crippen molar-refractivity contribution in [2.24, 2.45) is 5.73 Å². The second-order valence-electron chi connectivity index (χ2n) is 4.31. The van der Waals surface area contributed by atoms with Gasteiger partial charge in [0.15, 0.2) is 0 Å². The molecule has 0 fully saturated rings. The molecule has 0 saturated heterocycles. The summed E-state index contributed by atoms with van der Waals surface area (Å²) in [4.78, 5) is 0. The molecular weight excluding hydrogens is 200 g/mol. The second-order valence-corrected chi connectivity index (χ2v) is 4.31. The Labute approximate surface area is 98.0 Å². The molecule has 0 radical (unpaired) electrons. The minimum Gasteiger partial charge on any atom is -0.497 e. The zero-order valence-corrected chi connectivity index (χ0v) is 10.5. The molecule has 0 amide bonds. The van der Waals surface area contributed by atoms with E-state index in [2.05, 4.69) is 31.3 Å². The summed E-state index contributed by atoms with van der Waals surface area (Å²) in [6.07, 6.45) is 0. The molecule has 3 unspecified atom stereocenters. The van der Waals surface area contributed by atoms with E-state index in [-0.39, 0.29) is 6.04 Å². The normalized spacial score (nSPS) is 16.6. The lowest BCUT2D eigenvalue weighted by Gasteiger charge is -2.23. The van der Waals surface area contributed by atoms with E-state index in [9.17, 15) is 0 Å². The van der Waals surface area contributed by atoms with Gasteiger partial charge in [-0.2, -0.15) is 0 Å². The molecule has 1 aromatic rings. The minimum atomic E-state index is 0.153. The highest BCUT2D eigenvalue weighted by molar-refractivity contribution is 5.28. The number of hydrogen-bond donors (Lipinski definition) is 2. The first kappa shape index (κ1) is 13.0.